The van der Waals surface area contributed by atoms with Gasteiger partial charge in [-0.2, -0.15) is 15.1 Å². The van der Waals surface area contributed by atoms with E-state index in [4.69, 9.17) is 14.9 Å². The number of nitrogens with one attached hydrogen (secondary N) is 1. The molecule has 0 atom stereocenters. The summed E-state index contributed by atoms with van der Waals surface area (Å²) in [5.41, 5.74) is 3.13. The normalized spacial score (nSPS) is 16.4. The number of hydrazone groups is 1. The highest BCUT2D eigenvalue weighted by atomic mass is 32.2. The van der Waals surface area contributed by atoms with E-state index >= 15 is 0 Å². The third-order valence-corrected chi connectivity index (χ3v) is 7.14. The Kier molecular flexibility index (Phi) is 6.65. The van der Waals surface area contributed by atoms with Gasteiger partial charge in [-0.15, -0.1) is 0 Å². The Morgan fingerprint density at radius 1 is 1.11 bits per heavy atom. The van der Waals surface area contributed by atoms with Gasteiger partial charge in [-0.1, -0.05) is 37.3 Å². The standard InChI is InChI=1S/C27H27N5O3S/c1-4-9-24-30-32-25(28)20(26(33)29-27(32)36-24)16-19-17(2)31(21-11-6-5-10-18(19)21)14-15-35-23-13-8-7-12-22(23)34-3/h5-8,10-13,16,28H,4,9,14-15H2,1-3H3. The molecular weight excluding hydrogens is 474 g/mol. The SMILES string of the molecule is CCCC1=NN2C(=N)C(=Cc3c(C)n(CCOc4ccccc4OC)c4ccccc34)C(=O)N=C2S1. The van der Waals surface area contributed by atoms with Crippen LogP contribution in [0.25, 0.3) is 17.0 Å². The minimum Gasteiger partial charge on any atom is -0.493 e. The van der Waals surface area contributed by atoms with Gasteiger partial charge in [-0.3, -0.25) is 10.2 Å². The Morgan fingerprint density at radius 2 is 1.86 bits per heavy atom. The van der Waals surface area contributed by atoms with Crippen LogP contribution in [-0.4, -0.2) is 45.2 Å². The van der Waals surface area contributed by atoms with Crippen molar-refractivity contribution in [2.24, 2.45) is 10.1 Å². The van der Waals surface area contributed by atoms with Crippen molar-refractivity contribution in [1.29, 1.82) is 5.41 Å². The molecule has 2 aliphatic rings. The number of amides is 1. The van der Waals surface area contributed by atoms with Gasteiger partial charge in [0.05, 0.1) is 19.2 Å². The first kappa shape index (κ1) is 23.9. The second kappa shape index (κ2) is 10.0. The zero-order valence-electron chi connectivity index (χ0n) is 20.4. The second-order valence-electron chi connectivity index (χ2n) is 8.43. The van der Waals surface area contributed by atoms with E-state index in [1.807, 2.05) is 49.4 Å². The molecule has 1 amide bonds. The predicted molar refractivity (Wildman–Crippen MR) is 145 cm³/mol. The number of hydrogen-bond donors (Lipinski definition) is 1. The van der Waals surface area contributed by atoms with Crippen LogP contribution < -0.4 is 9.47 Å². The van der Waals surface area contributed by atoms with Crippen LogP contribution in [0.15, 0.2) is 64.2 Å². The van der Waals surface area contributed by atoms with E-state index in [2.05, 4.69) is 27.7 Å². The summed E-state index contributed by atoms with van der Waals surface area (Å²) in [7, 11) is 1.62. The maximum absolute atomic E-state index is 12.9. The van der Waals surface area contributed by atoms with Crippen molar-refractivity contribution >= 4 is 50.7 Å². The first-order chi connectivity index (χ1) is 17.5. The number of thioether (sulfide) groups is 1. The lowest BCUT2D eigenvalue weighted by Gasteiger charge is -2.20. The number of nitrogens with zero attached hydrogens (tertiary/aromatic N) is 4. The minimum absolute atomic E-state index is 0.0549. The van der Waals surface area contributed by atoms with Gasteiger partial charge in [-0.25, -0.2) is 0 Å². The zero-order chi connectivity index (χ0) is 25.2. The van der Waals surface area contributed by atoms with E-state index in [-0.39, 0.29) is 11.4 Å². The maximum Gasteiger partial charge on any atom is 0.283 e. The number of para-hydroxylation sites is 3. The molecule has 2 aromatic carbocycles. The third kappa shape index (κ3) is 4.30. The number of amidine groups is 2. The molecule has 5 rings (SSSR count). The fraction of sp³-hybridized carbons (Fsp3) is 0.259. The first-order valence-electron chi connectivity index (χ1n) is 11.8. The number of carbonyl (C=O) groups is 1. The Bertz CT molecular complexity index is 1450. The third-order valence-electron chi connectivity index (χ3n) is 6.17. The highest BCUT2D eigenvalue weighted by molar-refractivity contribution is 8.26. The van der Waals surface area contributed by atoms with E-state index in [0.717, 1.165) is 40.0 Å². The Labute approximate surface area is 213 Å². The number of carbonyl (C=O) groups excluding carboxylic acids is 1. The molecule has 0 saturated heterocycles. The summed E-state index contributed by atoms with van der Waals surface area (Å²) in [6.07, 6.45) is 3.51. The largest absolute Gasteiger partial charge is 0.493 e. The summed E-state index contributed by atoms with van der Waals surface area (Å²) in [4.78, 5) is 17.2. The number of hydrogen-bond acceptors (Lipinski definition) is 6. The molecule has 0 spiro atoms. The van der Waals surface area contributed by atoms with E-state index in [9.17, 15) is 4.79 Å². The molecule has 0 saturated carbocycles. The molecule has 0 unspecified atom stereocenters. The molecule has 0 radical (unpaired) electrons. The van der Waals surface area contributed by atoms with Crippen LogP contribution in [0.1, 0.15) is 31.0 Å². The summed E-state index contributed by atoms with van der Waals surface area (Å²) in [5, 5.41) is 17.0. The number of benzene rings is 2. The summed E-state index contributed by atoms with van der Waals surface area (Å²) in [5.74, 6) is 1.02. The van der Waals surface area contributed by atoms with Crippen LogP contribution in [0, 0.1) is 12.3 Å². The van der Waals surface area contributed by atoms with E-state index in [1.54, 1.807) is 13.2 Å². The number of aromatic nitrogens is 1. The topological polar surface area (TPSA) is 92.3 Å². The summed E-state index contributed by atoms with van der Waals surface area (Å²) >= 11 is 1.36. The first-order valence-corrected chi connectivity index (χ1v) is 12.7. The van der Waals surface area contributed by atoms with Gasteiger partial charge in [0.1, 0.15) is 11.7 Å². The van der Waals surface area contributed by atoms with Gasteiger partial charge in [-0.05, 0) is 55.8 Å². The molecule has 1 N–H and O–H groups in total. The summed E-state index contributed by atoms with van der Waals surface area (Å²) in [6.45, 7) is 5.14. The van der Waals surface area contributed by atoms with Crippen molar-refractivity contribution in [1.82, 2.24) is 9.58 Å². The summed E-state index contributed by atoms with van der Waals surface area (Å²) < 4.78 is 13.6. The Balaban J connectivity index is 1.46. The van der Waals surface area contributed by atoms with Crippen molar-refractivity contribution in [3.05, 3.63) is 65.4 Å². The molecule has 184 valence electrons. The predicted octanol–water partition coefficient (Wildman–Crippen LogP) is 5.46. The van der Waals surface area contributed by atoms with Crippen molar-refractivity contribution in [2.75, 3.05) is 13.7 Å². The lowest BCUT2D eigenvalue weighted by atomic mass is 10.1. The molecule has 3 heterocycles. The average Bonchev–Trinajstić information content (AvgIpc) is 3.40. The van der Waals surface area contributed by atoms with Gasteiger partial charge in [0.25, 0.3) is 5.91 Å². The molecule has 36 heavy (non-hydrogen) atoms. The molecule has 1 aromatic heterocycles. The van der Waals surface area contributed by atoms with Gasteiger partial charge >= 0.3 is 0 Å². The molecule has 9 heteroatoms. The maximum atomic E-state index is 12.9. The van der Waals surface area contributed by atoms with Crippen LogP contribution in [0.3, 0.4) is 0 Å². The lowest BCUT2D eigenvalue weighted by molar-refractivity contribution is -0.114. The van der Waals surface area contributed by atoms with E-state index in [0.29, 0.717) is 29.8 Å². The van der Waals surface area contributed by atoms with Crippen LogP contribution in [-0.2, 0) is 11.3 Å². The number of aliphatic imine (C=N–C) groups is 1. The lowest BCUT2D eigenvalue weighted by Crippen LogP contribution is -2.35. The zero-order valence-corrected chi connectivity index (χ0v) is 21.3. The molecular formula is C27H27N5O3S. The van der Waals surface area contributed by atoms with Crippen LogP contribution in [0.2, 0.25) is 0 Å². The number of fused-ring (bicyclic) bond motifs is 2. The molecule has 3 aromatic rings. The van der Waals surface area contributed by atoms with Crippen molar-refractivity contribution < 1.29 is 14.3 Å². The number of rotatable bonds is 8. The van der Waals surface area contributed by atoms with Crippen molar-refractivity contribution in [2.45, 2.75) is 33.2 Å². The van der Waals surface area contributed by atoms with E-state index in [1.165, 1.54) is 16.8 Å². The van der Waals surface area contributed by atoms with Crippen LogP contribution in [0.5, 0.6) is 11.5 Å². The van der Waals surface area contributed by atoms with Gasteiger partial charge in [0.15, 0.2) is 17.3 Å². The van der Waals surface area contributed by atoms with Crippen LogP contribution >= 0.6 is 11.8 Å². The smallest absolute Gasteiger partial charge is 0.283 e. The van der Waals surface area contributed by atoms with Gasteiger partial charge in [0.2, 0.25) is 5.17 Å². The molecule has 2 aliphatic heterocycles. The Morgan fingerprint density at radius 3 is 2.64 bits per heavy atom. The molecule has 0 aliphatic carbocycles. The monoisotopic (exact) mass is 501 g/mol. The number of methoxy groups -OCH3 is 1. The van der Waals surface area contributed by atoms with Gasteiger partial charge in [0, 0.05) is 22.2 Å². The molecule has 0 fully saturated rings. The Hall–Kier alpha value is -3.85. The van der Waals surface area contributed by atoms with Crippen LogP contribution in [0.4, 0.5) is 0 Å². The molecule has 0 bridgehead atoms. The van der Waals surface area contributed by atoms with Crippen molar-refractivity contribution in [3.8, 4) is 11.5 Å². The average molecular weight is 502 g/mol. The number of ether oxygens (including phenoxy) is 2. The molecule has 8 nitrogen and oxygen atoms in total. The fourth-order valence-corrected chi connectivity index (χ4v) is 5.39. The minimum atomic E-state index is -0.414. The second-order valence-corrected chi connectivity index (χ2v) is 9.47. The quantitative estimate of drug-likeness (QED) is 0.414. The summed E-state index contributed by atoms with van der Waals surface area (Å²) in [6, 6.07) is 15.6. The highest BCUT2D eigenvalue weighted by Gasteiger charge is 2.35. The van der Waals surface area contributed by atoms with E-state index < -0.39 is 5.91 Å². The highest BCUT2D eigenvalue weighted by Crippen LogP contribution is 2.33. The van der Waals surface area contributed by atoms with Crippen molar-refractivity contribution in [3.63, 3.8) is 0 Å². The van der Waals surface area contributed by atoms with Gasteiger partial charge < -0.3 is 14.0 Å². The fourth-order valence-electron chi connectivity index (χ4n) is 4.40.